The van der Waals surface area contributed by atoms with Gasteiger partial charge in [0.1, 0.15) is 28.0 Å². The minimum atomic E-state index is 0.788. The van der Waals surface area contributed by atoms with Crippen LogP contribution in [0.1, 0.15) is 0 Å². The van der Waals surface area contributed by atoms with Crippen molar-refractivity contribution in [1.29, 1.82) is 0 Å². The Morgan fingerprint density at radius 3 is 2.06 bits per heavy atom. The highest BCUT2D eigenvalue weighted by atomic mass is 16.3. The Balaban J connectivity index is 1.24. The first kappa shape index (κ1) is 26.0. The van der Waals surface area contributed by atoms with Gasteiger partial charge in [0.25, 0.3) is 0 Å². The molecule has 5 nitrogen and oxygen atoms in total. The average molecular weight is 650 g/mol. The summed E-state index contributed by atoms with van der Waals surface area (Å²) in [7, 11) is 0. The second-order valence-corrected chi connectivity index (χ2v) is 13.7. The number of hydrogen-bond acceptors (Lipinski definition) is 4. The second kappa shape index (κ2) is 8.97. The third-order valence-corrected chi connectivity index (χ3v) is 11.1. The summed E-state index contributed by atoms with van der Waals surface area (Å²) in [6.45, 7) is 0. The number of aromatic nitrogens is 3. The highest BCUT2D eigenvalue weighted by molar-refractivity contribution is 6.40. The molecule has 4 heterocycles. The fourth-order valence-corrected chi connectivity index (χ4v) is 8.98. The van der Waals surface area contributed by atoms with E-state index >= 15 is 0 Å². The van der Waals surface area contributed by atoms with Crippen molar-refractivity contribution in [3.05, 3.63) is 140 Å². The molecule has 4 aromatic heterocycles. The van der Waals surface area contributed by atoms with Crippen molar-refractivity contribution >= 4 is 98.3 Å². The van der Waals surface area contributed by atoms with Crippen LogP contribution in [-0.4, -0.2) is 14.5 Å². The molecule has 0 radical (unpaired) electrons. The first-order valence-corrected chi connectivity index (χ1v) is 17.2. The van der Waals surface area contributed by atoms with Gasteiger partial charge in [-0.2, -0.15) is 0 Å². The fourth-order valence-electron chi connectivity index (χ4n) is 8.98. The van der Waals surface area contributed by atoms with Gasteiger partial charge in [0.2, 0.25) is 0 Å². The predicted molar refractivity (Wildman–Crippen MR) is 208 cm³/mol. The number of benzene rings is 8. The number of nitrogens with zero attached hydrogens (tertiary/aromatic N) is 3. The molecule has 0 bridgehead atoms. The molecule has 0 saturated carbocycles. The van der Waals surface area contributed by atoms with Gasteiger partial charge in [-0.05, 0) is 87.8 Å². The normalized spacial score (nSPS) is 12.7. The van der Waals surface area contributed by atoms with Gasteiger partial charge in [-0.15, -0.1) is 0 Å². The van der Waals surface area contributed by atoms with Crippen LogP contribution in [0.15, 0.2) is 148 Å². The van der Waals surface area contributed by atoms with E-state index in [4.69, 9.17) is 18.8 Å². The molecule has 1 aliphatic carbocycles. The van der Waals surface area contributed by atoms with Crippen LogP contribution >= 0.6 is 0 Å². The highest BCUT2D eigenvalue weighted by Gasteiger charge is 2.29. The van der Waals surface area contributed by atoms with Crippen molar-refractivity contribution in [2.75, 3.05) is 0 Å². The lowest BCUT2D eigenvalue weighted by Gasteiger charge is -2.15. The third-order valence-electron chi connectivity index (χ3n) is 11.1. The number of para-hydroxylation sites is 3. The summed E-state index contributed by atoms with van der Waals surface area (Å²) in [4.78, 5) is 10.8. The van der Waals surface area contributed by atoms with E-state index in [1.807, 2.05) is 36.4 Å². The van der Waals surface area contributed by atoms with Gasteiger partial charge in [0.05, 0.1) is 22.1 Å². The van der Waals surface area contributed by atoms with Gasteiger partial charge < -0.3 is 8.83 Å². The molecule has 5 heteroatoms. The zero-order valence-corrected chi connectivity index (χ0v) is 26.9. The van der Waals surface area contributed by atoms with Crippen LogP contribution in [0.25, 0.3) is 126 Å². The van der Waals surface area contributed by atoms with E-state index in [2.05, 4.69) is 108 Å². The number of fused-ring (bicyclic) bond motifs is 7. The summed E-state index contributed by atoms with van der Waals surface area (Å²) < 4.78 is 15.3. The van der Waals surface area contributed by atoms with E-state index < -0.39 is 0 Å². The maximum absolute atomic E-state index is 6.71. The zero-order valence-electron chi connectivity index (χ0n) is 26.9. The van der Waals surface area contributed by atoms with Crippen molar-refractivity contribution in [2.45, 2.75) is 0 Å². The number of rotatable bonds is 2. The van der Waals surface area contributed by atoms with E-state index in [1.165, 1.54) is 48.8 Å². The van der Waals surface area contributed by atoms with Crippen LogP contribution in [-0.2, 0) is 0 Å². The Labute approximate surface area is 288 Å². The lowest BCUT2D eigenvalue weighted by molar-refractivity contribution is 0.669. The summed E-state index contributed by atoms with van der Waals surface area (Å²) in [6.07, 6.45) is 0. The van der Waals surface area contributed by atoms with Gasteiger partial charge in [0, 0.05) is 43.4 Å². The quantitative estimate of drug-likeness (QED) is 0.187. The maximum Gasteiger partial charge on any atom is 0.165 e. The summed E-state index contributed by atoms with van der Waals surface area (Å²) in [5.74, 6) is 0.788. The molecule has 0 aliphatic heterocycles. The molecule has 0 atom stereocenters. The maximum atomic E-state index is 6.71. The monoisotopic (exact) mass is 649 g/mol. The Morgan fingerprint density at radius 2 is 1.14 bits per heavy atom. The van der Waals surface area contributed by atoms with Gasteiger partial charge in [-0.25, -0.2) is 9.97 Å². The SMILES string of the molecule is c1ccc2c3c4c(cc2c1)oc1ccc2c(c14)c1c4c-3cccc4ccc1n2-c1nc2ccccc2nc1-c1ccc2oc3ccccc3c2c1. The van der Waals surface area contributed by atoms with Crippen molar-refractivity contribution in [2.24, 2.45) is 0 Å². The van der Waals surface area contributed by atoms with E-state index in [0.717, 1.165) is 77.6 Å². The molecule has 12 aromatic rings. The van der Waals surface area contributed by atoms with Crippen molar-refractivity contribution < 1.29 is 8.83 Å². The molecule has 1 aliphatic rings. The van der Waals surface area contributed by atoms with Crippen molar-refractivity contribution in [3.8, 4) is 28.2 Å². The van der Waals surface area contributed by atoms with E-state index in [0.29, 0.717) is 0 Å². The standard InChI is InChI=1S/C46H23N3O2/c1-2-10-27-25(8-1)23-38-44-40(27)29-12-7-9-24-16-18-33-41(39(24)29)42-34(19-21-37(51-38)43(42)44)49(33)46-45(47-31-13-4-5-14-32(31)48-46)26-17-20-36-30(22-26)28-11-3-6-15-35(28)50-36/h1-23H. The van der Waals surface area contributed by atoms with Gasteiger partial charge in [0.15, 0.2) is 5.82 Å². The van der Waals surface area contributed by atoms with Crippen molar-refractivity contribution in [3.63, 3.8) is 0 Å². The largest absolute Gasteiger partial charge is 0.456 e. The molecule has 0 spiro atoms. The summed E-state index contributed by atoms with van der Waals surface area (Å²) >= 11 is 0. The number of hydrogen-bond donors (Lipinski definition) is 0. The van der Waals surface area contributed by atoms with Crippen LogP contribution < -0.4 is 0 Å². The molecule has 13 rings (SSSR count). The Hall–Kier alpha value is -6.98. The first-order valence-electron chi connectivity index (χ1n) is 17.2. The van der Waals surface area contributed by atoms with E-state index in [9.17, 15) is 0 Å². The van der Waals surface area contributed by atoms with E-state index in [1.54, 1.807) is 0 Å². The minimum absolute atomic E-state index is 0.788. The van der Waals surface area contributed by atoms with Crippen molar-refractivity contribution in [1.82, 2.24) is 14.5 Å². The molecule has 8 aromatic carbocycles. The summed E-state index contributed by atoms with van der Waals surface area (Å²) in [5.41, 5.74) is 11.6. The van der Waals surface area contributed by atoms with Crippen LogP contribution in [0.2, 0.25) is 0 Å². The highest BCUT2D eigenvalue weighted by Crippen LogP contribution is 2.53. The van der Waals surface area contributed by atoms with Gasteiger partial charge in [-0.1, -0.05) is 78.9 Å². The lowest BCUT2D eigenvalue weighted by atomic mass is 9.91. The van der Waals surface area contributed by atoms with Crippen LogP contribution in [0.3, 0.4) is 0 Å². The van der Waals surface area contributed by atoms with E-state index in [-0.39, 0.29) is 0 Å². The molecular formula is C46H23N3O2. The Morgan fingerprint density at radius 1 is 0.431 bits per heavy atom. The summed E-state index contributed by atoms with van der Waals surface area (Å²) in [6, 6.07) is 49.1. The number of furan rings is 2. The fraction of sp³-hybridized carbons (Fsp3) is 0. The average Bonchev–Trinajstić information content (AvgIpc) is 3.82. The molecule has 0 fully saturated rings. The molecule has 0 N–H and O–H groups in total. The van der Waals surface area contributed by atoms with Crippen LogP contribution in [0.4, 0.5) is 0 Å². The zero-order chi connectivity index (χ0) is 32.9. The molecule has 0 saturated heterocycles. The smallest absolute Gasteiger partial charge is 0.165 e. The molecule has 0 unspecified atom stereocenters. The molecule has 51 heavy (non-hydrogen) atoms. The topological polar surface area (TPSA) is 57.0 Å². The molecular weight excluding hydrogens is 627 g/mol. The van der Waals surface area contributed by atoms with Gasteiger partial charge >= 0.3 is 0 Å². The molecule has 0 amide bonds. The Kier molecular flexibility index (Phi) is 4.57. The predicted octanol–water partition coefficient (Wildman–Crippen LogP) is 12.5. The van der Waals surface area contributed by atoms with Gasteiger partial charge in [-0.3, -0.25) is 4.57 Å². The van der Waals surface area contributed by atoms with Crippen LogP contribution in [0.5, 0.6) is 0 Å². The van der Waals surface area contributed by atoms with Crippen LogP contribution in [0, 0.1) is 0 Å². The Bertz CT molecular complexity index is 3550. The second-order valence-electron chi connectivity index (χ2n) is 13.7. The summed E-state index contributed by atoms with van der Waals surface area (Å²) in [5, 5.41) is 11.7. The first-order chi connectivity index (χ1) is 25.3. The molecule has 234 valence electrons. The third kappa shape index (κ3) is 3.17. The minimum Gasteiger partial charge on any atom is -0.456 e. The lowest BCUT2D eigenvalue weighted by Crippen LogP contribution is -2.03.